The molecule has 2 heterocycles. The van der Waals surface area contributed by atoms with Crippen LogP contribution in [0.3, 0.4) is 0 Å². The predicted octanol–water partition coefficient (Wildman–Crippen LogP) is 1.36. The third-order valence-corrected chi connectivity index (χ3v) is 3.34. The molecule has 0 aromatic rings. The van der Waals surface area contributed by atoms with E-state index in [1.54, 1.807) is 0 Å². The maximum Gasteiger partial charge on any atom is 0.410 e. The van der Waals surface area contributed by atoms with Crippen molar-refractivity contribution in [3.63, 3.8) is 0 Å². The van der Waals surface area contributed by atoms with Gasteiger partial charge in [-0.05, 0) is 19.5 Å². The van der Waals surface area contributed by atoms with Crippen LogP contribution in [-0.4, -0.2) is 42.8 Å². The summed E-state index contributed by atoms with van der Waals surface area (Å²) in [6, 6.07) is 0. The minimum atomic E-state index is -0.171. The Bertz CT molecular complexity index is 237. The second-order valence-electron chi connectivity index (χ2n) is 4.58. The first-order valence-electron chi connectivity index (χ1n) is 5.94. The van der Waals surface area contributed by atoms with Gasteiger partial charge >= 0.3 is 6.09 Å². The summed E-state index contributed by atoms with van der Waals surface area (Å²) in [5.74, 6) is 0. The fourth-order valence-electron chi connectivity index (χ4n) is 2.36. The van der Waals surface area contributed by atoms with Crippen LogP contribution in [0.15, 0.2) is 0 Å². The molecular weight excluding hydrogens is 192 g/mol. The smallest absolute Gasteiger partial charge is 0.410 e. The van der Waals surface area contributed by atoms with Gasteiger partial charge < -0.3 is 15.0 Å². The molecule has 0 bridgehead atoms. The number of carbonyl (C=O) groups excluding carboxylic acids is 1. The summed E-state index contributed by atoms with van der Waals surface area (Å²) in [5, 5.41) is 3.30. The Kier molecular flexibility index (Phi) is 3.14. The number of nitrogens with one attached hydrogen (secondary N) is 1. The SMILES string of the molecule is CCCCN1CC2(CCNCC2)OC1=O. The minimum Gasteiger partial charge on any atom is -0.441 e. The highest BCUT2D eigenvalue weighted by Gasteiger charge is 2.45. The van der Waals surface area contributed by atoms with Gasteiger partial charge in [0.15, 0.2) is 0 Å². The van der Waals surface area contributed by atoms with Crippen LogP contribution in [0.2, 0.25) is 0 Å². The number of amides is 1. The third-order valence-electron chi connectivity index (χ3n) is 3.34. The molecule has 0 radical (unpaired) electrons. The molecule has 0 aliphatic carbocycles. The van der Waals surface area contributed by atoms with Crippen LogP contribution in [0, 0.1) is 0 Å². The molecule has 4 nitrogen and oxygen atoms in total. The molecule has 0 aromatic carbocycles. The number of nitrogens with zero attached hydrogens (tertiary/aromatic N) is 1. The van der Waals surface area contributed by atoms with Gasteiger partial charge in [-0.3, -0.25) is 0 Å². The molecule has 86 valence electrons. The highest BCUT2D eigenvalue weighted by Crippen LogP contribution is 2.30. The number of rotatable bonds is 3. The Morgan fingerprint density at radius 1 is 1.47 bits per heavy atom. The van der Waals surface area contributed by atoms with E-state index < -0.39 is 0 Å². The lowest BCUT2D eigenvalue weighted by Gasteiger charge is -2.31. The van der Waals surface area contributed by atoms with Crippen molar-refractivity contribution in [3.05, 3.63) is 0 Å². The van der Waals surface area contributed by atoms with E-state index in [-0.39, 0.29) is 11.7 Å². The molecule has 2 rings (SSSR count). The topological polar surface area (TPSA) is 41.6 Å². The van der Waals surface area contributed by atoms with Crippen molar-refractivity contribution in [2.45, 2.75) is 38.2 Å². The highest BCUT2D eigenvalue weighted by atomic mass is 16.6. The second kappa shape index (κ2) is 4.39. The van der Waals surface area contributed by atoms with E-state index in [1.807, 2.05) is 4.90 Å². The molecule has 4 heteroatoms. The Hall–Kier alpha value is -0.770. The molecule has 2 saturated heterocycles. The highest BCUT2D eigenvalue weighted by molar-refractivity contribution is 5.70. The van der Waals surface area contributed by atoms with E-state index in [2.05, 4.69) is 12.2 Å². The van der Waals surface area contributed by atoms with Crippen molar-refractivity contribution < 1.29 is 9.53 Å². The van der Waals surface area contributed by atoms with Gasteiger partial charge in [0, 0.05) is 19.4 Å². The first-order valence-corrected chi connectivity index (χ1v) is 5.94. The van der Waals surface area contributed by atoms with Crippen LogP contribution in [0.4, 0.5) is 4.79 Å². The molecule has 0 atom stereocenters. The summed E-state index contributed by atoms with van der Waals surface area (Å²) in [6.07, 6.45) is 4.01. The number of piperidine rings is 1. The van der Waals surface area contributed by atoms with Crippen molar-refractivity contribution >= 4 is 6.09 Å². The molecular formula is C11H20N2O2. The molecule has 2 aliphatic heterocycles. The van der Waals surface area contributed by atoms with Crippen LogP contribution < -0.4 is 5.32 Å². The monoisotopic (exact) mass is 212 g/mol. The molecule has 1 N–H and O–H groups in total. The largest absolute Gasteiger partial charge is 0.441 e. The van der Waals surface area contributed by atoms with E-state index in [4.69, 9.17) is 4.74 Å². The van der Waals surface area contributed by atoms with Crippen LogP contribution in [0.5, 0.6) is 0 Å². The lowest BCUT2D eigenvalue weighted by Crippen LogP contribution is -2.44. The van der Waals surface area contributed by atoms with Gasteiger partial charge in [0.1, 0.15) is 5.60 Å². The van der Waals surface area contributed by atoms with E-state index >= 15 is 0 Å². The average Bonchev–Trinajstić information content (AvgIpc) is 2.53. The molecule has 1 amide bonds. The van der Waals surface area contributed by atoms with E-state index in [1.165, 1.54) is 0 Å². The zero-order chi connectivity index (χ0) is 10.7. The summed E-state index contributed by atoms with van der Waals surface area (Å²) in [4.78, 5) is 13.5. The molecule has 0 unspecified atom stereocenters. The first kappa shape index (κ1) is 10.7. The van der Waals surface area contributed by atoms with Crippen LogP contribution >= 0.6 is 0 Å². The summed E-state index contributed by atoms with van der Waals surface area (Å²) >= 11 is 0. The predicted molar refractivity (Wildman–Crippen MR) is 57.8 cm³/mol. The molecule has 15 heavy (non-hydrogen) atoms. The van der Waals surface area contributed by atoms with E-state index in [9.17, 15) is 4.79 Å². The molecule has 1 spiro atoms. The van der Waals surface area contributed by atoms with E-state index in [0.29, 0.717) is 0 Å². The summed E-state index contributed by atoms with van der Waals surface area (Å²) in [6.45, 7) is 5.73. The quantitative estimate of drug-likeness (QED) is 0.768. The van der Waals surface area contributed by atoms with Gasteiger partial charge in [0.05, 0.1) is 6.54 Å². The average molecular weight is 212 g/mol. The number of hydrogen-bond acceptors (Lipinski definition) is 3. The molecule has 0 saturated carbocycles. The Morgan fingerprint density at radius 3 is 2.87 bits per heavy atom. The molecule has 0 aromatic heterocycles. The van der Waals surface area contributed by atoms with Gasteiger partial charge in [-0.15, -0.1) is 0 Å². The number of unbranched alkanes of at least 4 members (excludes halogenated alkanes) is 1. The van der Waals surface area contributed by atoms with E-state index in [0.717, 1.165) is 51.9 Å². The van der Waals surface area contributed by atoms with Crippen molar-refractivity contribution in [1.82, 2.24) is 10.2 Å². The Labute approximate surface area is 91.0 Å². The van der Waals surface area contributed by atoms with Gasteiger partial charge in [-0.2, -0.15) is 0 Å². The van der Waals surface area contributed by atoms with Crippen LogP contribution in [0.1, 0.15) is 32.6 Å². The zero-order valence-corrected chi connectivity index (χ0v) is 9.42. The van der Waals surface area contributed by atoms with Gasteiger partial charge in [0.25, 0.3) is 0 Å². The van der Waals surface area contributed by atoms with Gasteiger partial charge in [-0.25, -0.2) is 4.79 Å². The number of hydrogen-bond donors (Lipinski definition) is 1. The van der Waals surface area contributed by atoms with Crippen molar-refractivity contribution in [3.8, 4) is 0 Å². The minimum absolute atomic E-state index is 0.106. The molecule has 2 fully saturated rings. The Balaban J connectivity index is 1.92. The fourth-order valence-corrected chi connectivity index (χ4v) is 2.36. The Morgan fingerprint density at radius 2 is 2.20 bits per heavy atom. The maximum absolute atomic E-state index is 11.6. The van der Waals surface area contributed by atoms with Crippen LogP contribution in [0.25, 0.3) is 0 Å². The lowest BCUT2D eigenvalue weighted by molar-refractivity contribution is 0.0316. The third kappa shape index (κ3) is 2.25. The van der Waals surface area contributed by atoms with Crippen molar-refractivity contribution in [1.29, 1.82) is 0 Å². The summed E-state index contributed by atoms with van der Waals surface area (Å²) in [7, 11) is 0. The lowest BCUT2D eigenvalue weighted by atomic mass is 9.92. The second-order valence-corrected chi connectivity index (χ2v) is 4.58. The zero-order valence-electron chi connectivity index (χ0n) is 9.42. The normalized spacial score (nSPS) is 24.6. The standard InChI is InChI=1S/C11H20N2O2/c1-2-3-8-13-9-11(15-10(13)14)4-6-12-7-5-11/h12H,2-9H2,1H3. The van der Waals surface area contributed by atoms with Crippen molar-refractivity contribution in [2.24, 2.45) is 0 Å². The fraction of sp³-hybridized carbons (Fsp3) is 0.909. The maximum atomic E-state index is 11.6. The summed E-state index contributed by atoms with van der Waals surface area (Å²) < 4.78 is 5.55. The summed E-state index contributed by atoms with van der Waals surface area (Å²) in [5.41, 5.74) is -0.171. The first-order chi connectivity index (χ1) is 7.26. The van der Waals surface area contributed by atoms with Crippen molar-refractivity contribution in [2.75, 3.05) is 26.2 Å². The van der Waals surface area contributed by atoms with Gasteiger partial charge in [0.2, 0.25) is 0 Å². The van der Waals surface area contributed by atoms with Crippen LogP contribution in [-0.2, 0) is 4.74 Å². The molecule has 2 aliphatic rings. The number of ether oxygens (including phenoxy) is 1. The van der Waals surface area contributed by atoms with Gasteiger partial charge in [-0.1, -0.05) is 13.3 Å². The number of carbonyl (C=O) groups is 1.